The van der Waals surface area contributed by atoms with Crippen molar-refractivity contribution in [2.45, 2.75) is 0 Å². The first-order chi connectivity index (χ1) is 16.4. The highest BCUT2D eigenvalue weighted by Crippen LogP contribution is 2.40. The van der Waals surface area contributed by atoms with Crippen LogP contribution in [-0.2, 0) is 0 Å². The van der Waals surface area contributed by atoms with Crippen LogP contribution in [0.3, 0.4) is 0 Å². The number of carbonyl (C=O) groups excluding carboxylic acids is 2. The lowest BCUT2D eigenvalue weighted by molar-refractivity contribution is -0.384. The number of esters is 1. The van der Waals surface area contributed by atoms with Gasteiger partial charge in [-0.25, -0.2) is 4.79 Å². The van der Waals surface area contributed by atoms with E-state index in [1.807, 2.05) is 0 Å². The van der Waals surface area contributed by atoms with Gasteiger partial charge in [0.1, 0.15) is 5.75 Å². The van der Waals surface area contributed by atoms with Crippen LogP contribution < -0.4 is 18.9 Å². The van der Waals surface area contributed by atoms with E-state index in [4.69, 9.17) is 18.9 Å². The third kappa shape index (κ3) is 5.39. The largest absolute Gasteiger partial charge is 0.493 e. The molecule has 9 heteroatoms. The molecule has 3 aromatic carbocycles. The van der Waals surface area contributed by atoms with Crippen LogP contribution in [0.2, 0.25) is 0 Å². The van der Waals surface area contributed by atoms with Gasteiger partial charge in [0.2, 0.25) is 5.75 Å². The Bertz CT molecular complexity index is 1230. The molecule has 174 valence electrons. The number of nitro groups is 1. The topological polar surface area (TPSA) is 114 Å². The molecule has 3 aromatic rings. The summed E-state index contributed by atoms with van der Waals surface area (Å²) in [5.41, 5.74) is 1.05. The molecule has 0 aromatic heterocycles. The average molecular weight is 463 g/mol. The van der Waals surface area contributed by atoms with Crippen LogP contribution in [0.15, 0.2) is 66.7 Å². The number of allylic oxidation sites excluding steroid dienone is 1. The van der Waals surface area contributed by atoms with Crippen LogP contribution in [-0.4, -0.2) is 38.0 Å². The van der Waals surface area contributed by atoms with Crippen molar-refractivity contribution >= 4 is 23.5 Å². The zero-order valence-corrected chi connectivity index (χ0v) is 18.6. The highest BCUT2D eigenvalue weighted by molar-refractivity contribution is 6.07. The summed E-state index contributed by atoms with van der Waals surface area (Å²) in [5.74, 6) is 0.629. The van der Waals surface area contributed by atoms with Gasteiger partial charge in [0.25, 0.3) is 5.69 Å². The van der Waals surface area contributed by atoms with Crippen molar-refractivity contribution in [3.63, 3.8) is 0 Å². The van der Waals surface area contributed by atoms with Gasteiger partial charge >= 0.3 is 5.97 Å². The van der Waals surface area contributed by atoms with Gasteiger partial charge in [-0.3, -0.25) is 14.9 Å². The molecule has 0 amide bonds. The summed E-state index contributed by atoms with van der Waals surface area (Å²) in [6.45, 7) is 0. The Labute approximate surface area is 195 Å². The van der Waals surface area contributed by atoms with Gasteiger partial charge in [0.05, 0.1) is 31.8 Å². The second kappa shape index (κ2) is 10.8. The van der Waals surface area contributed by atoms with E-state index in [2.05, 4.69) is 0 Å². The minimum absolute atomic E-state index is 0.127. The minimum Gasteiger partial charge on any atom is -0.493 e. The number of hydrogen-bond acceptors (Lipinski definition) is 8. The lowest BCUT2D eigenvalue weighted by Crippen LogP contribution is -2.08. The summed E-state index contributed by atoms with van der Waals surface area (Å²) in [7, 11) is 4.51. The van der Waals surface area contributed by atoms with Gasteiger partial charge < -0.3 is 18.9 Å². The van der Waals surface area contributed by atoms with E-state index < -0.39 is 10.9 Å². The zero-order valence-electron chi connectivity index (χ0n) is 18.6. The van der Waals surface area contributed by atoms with Crippen LogP contribution in [0.4, 0.5) is 5.69 Å². The third-order valence-electron chi connectivity index (χ3n) is 4.81. The maximum atomic E-state index is 12.6. The van der Waals surface area contributed by atoms with Crippen LogP contribution in [0.25, 0.3) is 6.08 Å². The van der Waals surface area contributed by atoms with Gasteiger partial charge in [0, 0.05) is 23.3 Å². The highest BCUT2D eigenvalue weighted by Gasteiger charge is 2.15. The predicted molar refractivity (Wildman–Crippen MR) is 124 cm³/mol. The fourth-order valence-corrected chi connectivity index (χ4v) is 3.09. The molecule has 34 heavy (non-hydrogen) atoms. The molecule has 0 radical (unpaired) electrons. The molecule has 0 fully saturated rings. The number of rotatable bonds is 9. The lowest BCUT2D eigenvalue weighted by Gasteiger charge is -2.13. The Morgan fingerprint density at radius 1 is 0.794 bits per heavy atom. The molecular formula is C25H21NO8. The smallest absolute Gasteiger partial charge is 0.343 e. The number of nitrogens with zero attached hydrogens (tertiary/aromatic N) is 1. The fraction of sp³-hybridized carbons (Fsp3) is 0.120. The predicted octanol–water partition coefficient (Wildman–Crippen LogP) is 4.74. The van der Waals surface area contributed by atoms with Crippen molar-refractivity contribution < 1.29 is 33.5 Å². The van der Waals surface area contributed by atoms with Gasteiger partial charge in [-0.1, -0.05) is 0 Å². The molecule has 0 aliphatic carbocycles. The number of benzene rings is 3. The summed E-state index contributed by atoms with van der Waals surface area (Å²) in [6, 6.07) is 14.5. The van der Waals surface area contributed by atoms with Crippen LogP contribution in [0.1, 0.15) is 26.3 Å². The molecular weight excluding hydrogens is 442 g/mol. The van der Waals surface area contributed by atoms with E-state index in [1.54, 1.807) is 18.2 Å². The number of methoxy groups -OCH3 is 3. The summed E-state index contributed by atoms with van der Waals surface area (Å²) >= 11 is 0. The monoisotopic (exact) mass is 463 g/mol. The molecule has 0 heterocycles. The molecule has 0 unspecified atom stereocenters. The first-order valence-corrected chi connectivity index (χ1v) is 9.96. The average Bonchev–Trinajstić information content (AvgIpc) is 2.86. The molecule has 3 rings (SSSR count). The zero-order chi connectivity index (χ0) is 24.7. The summed E-state index contributed by atoms with van der Waals surface area (Å²) in [6.07, 6.45) is 2.99. The van der Waals surface area contributed by atoms with Crippen molar-refractivity contribution in [2.75, 3.05) is 21.3 Å². The van der Waals surface area contributed by atoms with E-state index >= 15 is 0 Å². The number of nitro benzene ring substituents is 1. The molecule has 0 spiro atoms. The van der Waals surface area contributed by atoms with Gasteiger partial charge in [-0.05, 0) is 60.7 Å². The van der Waals surface area contributed by atoms with Crippen molar-refractivity contribution in [1.82, 2.24) is 0 Å². The Morgan fingerprint density at radius 3 is 1.97 bits per heavy atom. The van der Waals surface area contributed by atoms with Gasteiger partial charge in [0.15, 0.2) is 17.3 Å². The maximum Gasteiger partial charge on any atom is 0.343 e. The van der Waals surface area contributed by atoms with Crippen LogP contribution in [0.5, 0.6) is 23.0 Å². The Balaban J connectivity index is 1.70. The third-order valence-corrected chi connectivity index (χ3v) is 4.81. The minimum atomic E-state index is -0.672. The van der Waals surface area contributed by atoms with Crippen molar-refractivity contribution in [2.24, 2.45) is 0 Å². The van der Waals surface area contributed by atoms with E-state index in [0.717, 1.165) is 0 Å². The number of non-ortho nitro benzene ring substituents is 1. The summed E-state index contributed by atoms with van der Waals surface area (Å²) < 4.78 is 21.3. The standard InChI is InChI=1S/C25H21NO8/c1-31-22-15-9-17(23(32-2)24(22)33-3)8-14-21(27)16-6-12-20(13-7-16)34-25(28)18-4-10-19(11-5-18)26(29)30/h4-15H,1-3H3/b14-8+. The Kier molecular flexibility index (Phi) is 7.60. The van der Waals surface area contributed by atoms with E-state index in [0.29, 0.717) is 28.4 Å². The van der Waals surface area contributed by atoms with Crippen molar-refractivity contribution in [1.29, 1.82) is 0 Å². The fourth-order valence-electron chi connectivity index (χ4n) is 3.09. The number of ether oxygens (including phenoxy) is 4. The van der Waals surface area contributed by atoms with Gasteiger partial charge in [-0.2, -0.15) is 0 Å². The van der Waals surface area contributed by atoms with E-state index in [1.165, 1.54) is 75.9 Å². The summed E-state index contributed by atoms with van der Waals surface area (Å²) in [4.78, 5) is 35.0. The Morgan fingerprint density at radius 2 is 1.41 bits per heavy atom. The molecule has 0 aliphatic rings. The SMILES string of the molecule is COc1ccc(/C=C/C(=O)c2ccc(OC(=O)c3ccc([N+](=O)[O-])cc3)cc2)c(OC)c1OC. The molecule has 0 saturated carbocycles. The van der Waals surface area contributed by atoms with E-state index in [9.17, 15) is 19.7 Å². The molecule has 0 N–H and O–H groups in total. The first kappa shape index (κ1) is 24.0. The highest BCUT2D eigenvalue weighted by atomic mass is 16.6. The molecule has 0 aliphatic heterocycles. The maximum absolute atomic E-state index is 12.6. The second-order valence-electron chi connectivity index (χ2n) is 6.84. The molecule has 9 nitrogen and oxygen atoms in total. The van der Waals surface area contributed by atoms with Crippen LogP contribution in [0, 0.1) is 10.1 Å². The van der Waals surface area contributed by atoms with Gasteiger partial charge in [-0.15, -0.1) is 0 Å². The normalized spacial score (nSPS) is 10.6. The second-order valence-corrected chi connectivity index (χ2v) is 6.84. The van der Waals surface area contributed by atoms with Crippen molar-refractivity contribution in [3.05, 3.63) is 93.5 Å². The summed E-state index contributed by atoms with van der Waals surface area (Å²) in [5, 5.41) is 10.7. The van der Waals surface area contributed by atoms with Crippen LogP contribution >= 0.6 is 0 Å². The molecule has 0 saturated heterocycles. The van der Waals surface area contributed by atoms with E-state index in [-0.39, 0.29) is 22.8 Å². The molecule has 0 atom stereocenters. The first-order valence-electron chi connectivity index (χ1n) is 9.96. The number of carbonyl (C=O) groups is 2. The quantitative estimate of drug-likeness (QED) is 0.112. The lowest BCUT2D eigenvalue weighted by atomic mass is 10.1. The Hall–Kier alpha value is -4.66. The number of ketones is 1. The molecule has 0 bridgehead atoms. The number of hydrogen-bond donors (Lipinski definition) is 0. The van der Waals surface area contributed by atoms with Crippen molar-refractivity contribution in [3.8, 4) is 23.0 Å².